The van der Waals surface area contributed by atoms with Gasteiger partial charge in [0, 0.05) is 6.04 Å². The van der Waals surface area contributed by atoms with Gasteiger partial charge in [-0.05, 0) is 24.7 Å². The normalized spacial score (nSPS) is 31.2. The first kappa shape index (κ1) is 13.0. The van der Waals surface area contributed by atoms with Gasteiger partial charge < -0.3 is 10.5 Å². The number of ether oxygens (including phenoxy) is 1. The maximum absolute atomic E-state index is 6.05. The van der Waals surface area contributed by atoms with E-state index in [4.69, 9.17) is 10.5 Å². The summed E-state index contributed by atoms with van der Waals surface area (Å²) in [6.45, 7) is 7.46. The average Bonchev–Trinajstić information content (AvgIpc) is 2.25. The molecule has 4 atom stereocenters. The van der Waals surface area contributed by atoms with Crippen molar-refractivity contribution in [1.82, 2.24) is 0 Å². The summed E-state index contributed by atoms with van der Waals surface area (Å²) in [4.78, 5) is 0. The van der Waals surface area contributed by atoms with Crippen molar-refractivity contribution in [2.24, 2.45) is 17.6 Å². The van der Waals surface area contributed by atoms with Gasteiger partial charge in [-0.2, -0.15) is 0 Å². The van der Waals surface area contributed by atoms with Crippen LogP contribution in [-0.2, 0) is 4.74 Å². The predicted octanol–water partition coefficient (Wildman–Crippen LogP) is 2.96. The molecule has 15 heavy (non-hydrogen) atoms. The molecule has 90 valence electrons. The van der Waals surface area contributed by atoms with Crippen molar-refractivity contribution in [2.45, 2.75) is 65.0 Å². The first-order valence-corrected chi connectivity index (χ1v) is 6.50. The van der Waals surface area contributed by atoms with Gasteiger partial charge in [0.05, 0.1) is 12.7 Å². The van der Waals surface area contributed by atoms with E-state index in [-0.39, 0.29) is 6.04 Å². The van der Waals surface area contributed by atoms with E-state index in [0.29, 0.717) is 12.0 Å². The first-order valence-electron chi connectivity index (χ1n) is 6.50. The fourth-order valence-electron chi connectivity index (χ4n) is 2.24. The van der Waals surface area contributed by atoms with Crippen LogP contribution >= 0.6 is 0 Å². The van der Waals surface area contributed by atoms with Crippen LogP contribution in [0.4, 0.5) is 0 Å². The molecule has 2 nitrogen and oxygen atoms in total. The lowest BCUT2D eigenvalue weighted by atomic mass is 9.88. The molecule has 2 heteroatoms. The highest BCUT2D eigenvalue weighted by atomic mass is 16.5. The number of rotatable bonds is 5. The lowest BCUT2D eigenvalue weighted by Gasteiger charge is -2.28. The molecule has 2 N–H and O–H groups in total. The molecular weight excluding hydrogens is 186 g/mol. The Morgan fingerprint density at radius 3 is 2.73 bits per heavy atom. The van der Waals surface area contributed by atoms with Crippen LogP contribution in [0, 0.1) is 11.8 Å². The molecule has 0 radical (unpaired) electrons. The van der Waals surface area contributed by atoms with Crippen molar-refractivity contribution < 1.29 is 4.74 Å². The smallest absolute Gasteiger partial charge is 0.0623 e. The molecule has 0 heterocycles. The largest absolute Gasteiger partial charge is 0.377 e. The average molecular weight is 213 g/mol. The summed E-state index contributed by atoms with van der Waals surface area (Å²) in [7, 11) is 0. The highest BCUT2D eigenvalue weighted by Crippen LogP contribution is 2.25. The summed E-state index contributed by atoms with van der Waals surface area (Å²) in [5, 5.41) is 0. The zero-order valence-electron chi connectivity index (χ0n) is 10.5. The molecule has 1 aliphatic rings. The minimum Gasteiger partial charge on any atom is -0.377 e. The minimum atomic E-state index is 0.215. The zero-order chi connectivity index (χ0) is 11.3. The van der Waals surface area contributed by atoms with E-state index in [1.165, 1.54) is 25.7 Å². The third kappa shape index (κ3) is 4.52. The second-order valence-corrected chi connectivity index (χ2v) is 5.28. The Morgan fingerprint density at radius 1 is 1.40 bits per heavy atom. The van der Waals surface area contributed by atoms with Crippen LogP contribution in [0.15, 0.2) is 0 Å². The molecular formula is C13H27NO. The van der Waals surface area contributed by atoms with E-state index in [0.717, 1.165) is 18.9 Å². The molecule has 0 bridgehead atoms. The molecule has 0 saturated heterocycles. The maximum atomic E-state index is 6.05. The van der Waals surface area contributed by atoms with Gasteiger partial charge in [-0.3, -0.25) is 0 Å². The SMILES string of the molecule is CCC(C)C(N)COC1CCCC(C)C1. The van der Waals surface area contributed by atoms with Gasteiger partial charge in [-0.1, -0.05) is 40.0 Å². The van der Waals surface area contributed by atoms with E-state index >= 15 is 0 Å². The van der Waals surface area contributed by atoms with Gasteiger partial charge in [-0.25, -0.2) is 0 Å². The molecule has 0 aromatic carbocycles. The van der Waals surface area contributed by atoms with Crippen molar-refractivity contribution >= 4 is 0 Å². The van der Waals surface area contributed by atoms with Gasteiger partial charge in [0.2, 0.25) is 0 Å². The van der Waals surface area contributed by atoms with E-state index in [1.54, 1.807) is 0 Å². The van der Waals surface area contributed by atoms with Crippen molar-refractivity contribution in [2.75, 3.05) is 6.61 Å². The number of nitrogens with two attached hydrogens (primary N) is 1. The van der Waals surface area contributed by atoms with Crippen LogP contribution in [0.5, 0.6) is 0 Å². The fraction of sp³-hybridized carbons (Fsp3) is 1.00. The number of hydrogen-bond acceptors (Lipinski definition) is 2. The summed E-state index contributed by atoms with van der Waals surface area (Å²) < 4.78 is 5.91. The highest BCUT2D eigenvalue weighted by molar-refractivity contribution is 4.73. The summed E-state index contributed by atoms with van der Waals surface area (Å²) in [6.07, 6.45) is 6.78. The molecule has 0 aliphatic heterocycles. The summed E-state index contributed by atoms with van der Waals surface area (Å²) in [5.41, 5.74) is 6.05. The second kappa shape index (κ2) is 6.49. The van der Waals surface area contributed by atoms with E-state index in [1.807, 2.05) is 0 Å². The van der Waals surface area contributed by atoms with E-state index in [9.17, 15) is 0 Å². The Balaban J connectivity index is 2.18. The molecule has 1 aliphatic carbocycles. The Labute approximate surface area is 94.6 Å². The van der Waals surface area contributed by atoms with Gasteiger partial charge in [0.15, 0.2) is 0 Å². The fourth-order valence-corrected chi connectivity index (χ4v) is 2.24. The lowest BCUT2D eigenvalue weighted by Crippen LogP contribution is -2.35. The molecule has 0 aromatic rings. The van der Waals surface area contributed by atoms with Crippen LogP contribution < -0.4 is 5.73 Å². The third-order valence-corrected chi connectivity index (χ3v) is 3.79. The Hall–Kier alpha value is -0.0800. The molecule has 0 amide bonds. The minimum absolute atomic E-state index is 0.215. The lowest BCUT2D eigenvalue weighted by molar-refractivity contribution is 0.00273. The number of hydrogen-bond donors (Lipinski definition) is 1. The van der Waals surface area contributed by atoms with E-state index in [2.05, 4.69) is 20.8 Å². The summed E-state index contributed by atoms with van der Waals surface area (Å²) in [5.74, 6) is 1.41. The zero-order valence-corrected chi connectivity index (χ0v) is 10.5. The molecule has 4 unspecified atom stereocenters. The van der Waals surface area contributed by atoms with Gasteiger partial charge in [-0.15, -0.1) is 0 Å². The Bertz CT molecular complexity index is 172. The molecule has 0 spiro atoms. The molecule has 0 aromatic heterocycles. The van der Waals surface area contributed by atoms with Crippen LogP contribution in [0.1, 0.15) is 52.9 Å². The topological polar surface area (TPSA) is 35.2 Å². The van der Waals surface area contributed by atoms with Crippen molar-refractivity contribution in [3.8, 4) is 0 Å². The molecule has 1 rings (SSSR count). The van der Waals surface area contributed by atoms with Crippen molar-refractivity contribution in [3.05, 3.63) is 0 Å². The van der Waals surface area contributed by atoms with E-state index < -0.39 is 0 Å². The van der Waals surface area contributed by atoms with Crippen molar-refractivity contribution in [3.63, 3.8) is 0 Å². The van der Waals surface area contributed by atoms with Gasteiger partial charge in [0.25, 0.3) is 0 Å². The quantitative estimate of drug-likeness (QED) is 0.762. The Kier molecular flexibility index (Phi) is 5.62. The summed E-state index contributed by atoms with van der Waals surface area (Å²) >= 11 is 0. The monoisotopic (exact) mass is 213 g/mol. The predicted molar refractivity (Wildman–Crippen MR) is 64.8 cm³/mol. The third-order valence-electron chi connectivity index (χ3n) is 3.79. The van der Waals surface area contributed by atoms with Crippen LogP contribution in [0.2, 0.25) is 0 Å². The Morgan fingerprint density at radius 2 is 2.13 bits per heavy atom. The van der Waals surface area contributed by atoms with Gasteiger partial charge >= 0.3 is 0 Å². The van der Waals surface area contributed by atoms with Crippen molar-refractivity contribution in [1.29, 1.82) is 0 Å². The standard InChI is InChI=1S/C13H27NO/c1-4-11(3)13(14)9-15-12-7-5-6-10(2)8-12/h10-13H,4-9,14H2,1-3H3. The van der Waals surface area contributed by atoms with Crippen LogP contribution in [0.25, 0.3) is 0 Å². The maximum Gasteiger partial charge on any atom is 0.0623 e. The molecule has 1 fully saturated rings. The summed E-state index contributed by atoms with van der Waals surface area (Å²) in [6, 6.07) is 0.215. The first-order chi connectivity index (χ1) is 7.13. The highest BCUT2D eigenvalue weighted by Gasteiger charge is 2.20. The van der Waals surface area contributed by atoms with Crippen LogP contribution in [-0.4, -0.2) is 18.8 Å². The van der Waals surface area contributed by atoms with Gasteiger partial charge in [0.1, 0.15) is 0 Å². The molecule has 1 saturated carbocycles. The second-order valence-electron chi connectivity index (χ2n) is 5.28. The van der Waals surface area contributed by atoms with Crippen LogP contribution in [0.3, 0.4) is 0 Å².